The molecule has 1 aliphatic heterocycles. The maximum atomic E-state index is 12.0. The first-order valence-electron chi connectivity index (χ1n) is 6.36. The molecule has 6 heteroatoms. The average molecular weight is 294 g/mol. The van der Waals surface area contributed by atoms with E-state index in [2.05, 4.69) is 5.32 Å². The number of carbonyl (C=O) groups is 2. The van der Waals surface area contributed by atoms with E-state index in [1.54, 1.807) is 18.8 Å². The summed E-state index contributed by atoms with van der Waals surface area (Å²) in [6.07, 6.45) is 1.53. The first-order valence-corrected chi connectivity index (χ1v) is 7.58. The molecule has 5 nitrogen and oxygen atoms in total. The molecule has 0 saturated carbocycles. The number of likely N-dealkylation sites (N-methyl/N-ethyl adjacent to an activating group) is 1. The quantitative estimate of drug-likeness (QED) is 0.662. The lowest BCUT2D eigenvalue weighted by molar-refractivity contribution is -0.134. The lowest BCUT2D eigenvalue weighted by atomic mass is 10.3. The smallest absolute Gasteiger partial charge is 0.254 e. The fourth-order valence-electron chi connectivity index (χ4n) is 1.89. The molecule has 0 spiro atoms. The SMILES string of the molecule is CSc1ccccc1NC(=O)CN(C)C(=O)[C@@H]1O[C@H]1C. The Morgan fingerprint density at radius 3 is 2.65 bits per heavy atom. The van der Waals surface area contributed by atoms with E-state index in [-0.39, 0.29) is 30.6 Å². The van der Waals surface area contributed by atoms with Crippen molar-refractivity contribution >= 4 is 29.3 Å². The van der Waals surface area contributed by atoms with Gasteiger partial charge in [0.05, 0.1) is 18.3 Å². The number of hydrogen-bond acceptors (Lipinski definition) is 4. The van der Waals surface area contributed by atoms with Crippen LogP contribution in [0.15, 0.2) is 29.2 Å². The van der Waals surface area contributed by atoms with Gasteiger partial charge in [-0.05, 0) is 25.3 Å². The standard InChI is InChI=1S/C14H18N2O3S/c1-9-13(19-9)14(18)16(2)8-12(17)15-10-6-4-5-7-11(10)20-3/h4-7,9,13H,8H2,1-3H3,(H,15,17)/t9-,13+/m0/s1. The van der Waals surface area contributed by atoms with E-state index in [4.69, 9.17) is 4.74 Å². The molecule has 2 amide bonds. The summed E-state index contributed by atoms with van der Waals surface area (Å²) in [5.41, 5.74) is 0.766. The highest BCUT2D eigenvalue weighted by Crippen LogP contribution is 2.25. The summed E-state index contributed by atoms with van der Waals surface area (Å²) in [4.78, 5) is 26.2. The third-order valence-electron chi connectivity index (χ3n) is 3.09. The molecule has 0 unspecified atom stereocenters. The van der Waals surface area contributed by atoms with Gasteiger partial charge in [0.1, 0.15) is 0 Å². The van der Waals surface area contributed by atoms with Crippen molar-refractivity contribution in [3.05, 3.63) is 24.3 Å². The maximum absolute atomic E-state index is 12.0. The van der Waals surface area contributed by atoms with Crippen LogP contribution in [0.2, 0.25) is 0 Å². The number of nitrogens with one attached hydrogen (secondary N) is 1. The van der Waals surface area contributed by atoms with E-state index < -0.39 is 0 Å². The molecular weight excluding hydrogens is 276 g/mol. The molecule has 0 aliphatic carbocycles. The van der Waals surface area contributed by atoms with Crippen LogP contribution in [-0.4, -0.2) is 48.8 Å². The first-order chi connectivity index (χ1) is 9.52. The van der Waals surface area contributed by atoms with Crippen LogP contribution in [0.3, 0.4) is 0 Å². The van der Waals surface area contributed by atoms with Gasteiger partial charge in [-0.15, -0.1) is 11.8 Å². The number of rotatable bonds is 5. The molecule has 1 saturated heterocycles. The third kappa shape index (κ3) is 3.52. The Hall–Kier alpha value is -1.53. The zero-order valence-electron chi connectivity index (χ0n) is 11.8. The number of benzene rings is 1. The molecule has 1 N–H and O–H groups in total. The maximum Gasteiger partial charge on any atom is 0.254 e. The van der Waals surface area contributed by atoms with Gasteiger partial charge in [-0.1, -0.05) is 12.1 Å². The van der Waals surface area contributed by atoms with Gasteiger partial charge in [0, 0.05) is 11.9 Å². The van der Waals surface area contributed by atoms with Crippen molar-refractivity contribution in [2.45, 2.75) is 24.0 Å². The van der Waals surface area contributed by atoms with Crippen molar-refractivity contribution < 1.29 is 14.3 Å². The topological polar surface area (TPSA) is 61.9 Å². The Bertz CT molecular complexity index is 521. The van der Waals surface area contributed by atoms with E-state index in [1.807, 2.05) is 37.4 Å². The lowest BCUT2D eigenvalue weighted by Gasteiger charge is -2.16. The summed E-state index contributed by atoms with van der Waals surface area (Å²) in [6.45, 7) is 1.86. The second-order valence-electron chi connectivity index (χ2n) is 4.70. The highest BCUT2D eigenvalue weighted by Gasteiger charge is 2.42. The van der Waals surface area contributed by atoms with Crippen molar-refractivity contribution in [3.63, 3.8) is 0 Å². The fraction of sp³-hybridized carbons (Fsp3) is 0.429. The minimum Gasteiger partial charge on any atom is -0.359 e. The first kappa shape index (κ1) is 14.9. The van der Waals surface area contributed by atoms with Crippen LogP contribution < -0.4 is 5.32 Å². The number of epoxide rings is 1. The molecule has 20 heavy (non-hydrogen) atoms. The molecule has 1 heterocycles. The number of carbonyl (C=O) groups excluding carboxylic acids is 2. The second kappa shape index (κ2) is 6.28. The van der Waals surface area contributed by atoms with Crippen LogP contribution in [0.5, 0.6) is 0 Å². The molecule has 1 aromatic carbocycles. The Kier molecular flexibility index (Phi) is 4.67. The molecular formula is C14H18N2O3S. The van der Waals surface area contributed by atoms with Crippen molar-refractivity contribution in [1.82, 2.24) is 4.90 Å². The average Bonchev–Trinajstić information content (AvgIpc) is 3.15. The van der Waals surface area contributed by atoms with Crippen LogP contribution in [0, 0.1) is 0 Å². The van der Waals surface area contributed by atoms with Crippen molar-refractivity contribution in [3.8, 4) is 0 Å². The zero-order valence-corrected chi connectivity index (χ0v) is 12.6. The minimum atomic E-state index is -0.383. The van der Waals surface area contributed by atoms with E-state index in [0.29, 0.717) is 0 Å². The highest BCUT2D eigenvalue weighted by atomic mass is 32.2. The molecule has 108 valence electrons. The predicted molar refractivity (Wildman–Crippen MR) is 78.8 cm³/mol. The van der Waals surface area contributed by atoms with Crippen LogP contribution >= 0.6 is 11.8 Å². The molecule has 1 aliphatic rings. The van der Waals surface area contributed by atoms with Gasteiger partial charge in [0.2, 0.25) is 5.91 Å². The summed E-state index contributed by atoms with van der Waals surface area (Å²) >= 11 is 1.56. The predicted octanol–water partition coefficient (Wildman–Crippen LogP) is 1.59. The number of hydrogen-bond donors (Lipinski definition) is 1. The number of nitrogens with zero attached hydrogens (tertiary/aromatic N) is 1. The van der Waals surface area contributed by atoms with Crippen molar-refractivity contribution in [1.29, 1.82) is 0 Å². The molecule has 0 bridgehead atoms. The monoisotopic (exact) mass is 294 g/mol. The summed E-state index contributed by atoms with van der Waals surface area (Å²) in [7, 11) is 1.61. The van der Waals surface area contributed by atoms with E-state index in [1.165, 1.54) is 4.90 Å². The Morgan fingerprint density at radius 2 is 2.05 bits per heavy atom. The Morgan fingerprint density at radius 1 is 1.40 bits per heavy atom. The number of thioether (sulfide) groups is 1. The molecule has 0 radical (unpaired) electrons. The largest absolute Gasteiger partial charge is 0.359 e. The van der Waals surface area contributed by atoms with Crippen molar-refractivity contribution in [2.75, 3.05) is 25.2 Å². The van der Waals surface area contributed by atoms with Gasteiger partial charge in [-0.25, -0.2) is 0 Å². The summed E-state index contributed by atoms with van der Waals surface area (Å²) in [5.74, 6) is -0.360. The van der Waals surface area contributed by atoms with Gasteiger partial charge in [-0.3, -0.25) is 9.59 Å². The van der Waals surface area contributed by atoms with E-state index >= 15 is 0 Å². The number of amides is 2. The molecule has 1 fully saturated rings. The van der Waals surface area contributed by atoms with Crippen LogP contribution in [0.4, 0.5) is 5.69 Å². The van der Waals surface area contributed by atoms with Crippen LogP contribution in [0.25, 0.3) is 0 Å². The van der Waals surface area contributed by atoms with Crippen molar-refractivity contribution in [2.24, 2.45) is 0 Å². The van der Waals surface area contributed by atoms with E-state index in [0.717, 1.165) is 10.6 Å². The molecule has 2 atom stereocenters. The molecule has 1 aromatic rings. The Labute approximate surface area is 122 Å². The lowest BCUT2D eigenvalue weighted by Crippen LogP contribution is -2.37. The van der Waals surface area contributed by atoms with Gasteiger partial charge < -0.3 is 15.0 Å². The normalized spacial score (nSPS) is 20.4. The Balaban J connectivity index is 1.90. The van der Waals surface area contributed by atoms with Crippen LogP contribution in [0.1, 0.15) is 6.92 Å². The van der Waals surface area contributed by atoms with Crippen LogP contribution in [-0.2, 0) is 14.3 Å². The summed E-state index contributed by atoms with van der Waals surface area (Å²) < 4.78 is 5.11. The van der Waals surface area contributed by atoms with Gasteiger partial charge in [0.25, 0.3) is 5.91 Å². The van der Waals surface area contributed by atoms with E-state index in [9.17, 15) is 9.59 Å². The van der Waals surface area contributed by atoms with Gasteiger partial charge >= 0.3 is 0 Å². The van der Waals surface area contributed by atoms with Gasteiger partial charge in [-0.2, -0.15) is 0 Å². The number of anilines is 1. The molecule has 0 aromatic heterocycles. The molecule has 2 rings (SSSR count). The fourth-order valence-corrected chi connectivity index (χ4v) is 2.45. The second-order valence-corrected chi connectivity index (χ2v) is 5.55. The minimum absolute atomic E-state index is 0.0220. The summed E-state index contributed by atoms with van der Waals surface area (Å²) in [6, 6.07) is 7.57. The van der Waals surface area contributed by atoms with Gasteiger partial charge in [0.15, 0.2) is 6.10 Å². The number of ether oxygens (including phenoxy) is 1. The zero-order chi connectivity index (χ0) is 14.7. The third-order valence-corrected chi connectivity index (χ3v) is 3.89. The summed E-state index contributed by atoms with van der Waals surface area (Å²) in [5, 5.41) is 2.82. The highest BCUT2D eigenvalue weighted by molar-refractivity contribution is 7.98. The number of para-hydroxylation sites is 1.